The fourth-order valence-electron chi connectivity index (χ4n) is 3.22. The van der Waals surface area contributed by atoms with Crippen molar-refractivity contribution in [2.75, 3.05) is 4.90 Å². The first-order valence-electron chi connectivity index (χ1n) is 8.49. The van der Waals surface area contributed by atoms with E-state index in [2.05, 4.69) is 69.0 Å². The lowest BCUT2D eigenvalue weighted by atomic mass is 10.0. The van der Waals surface area contributed by atoms with Crippen molar-refractivity contribution in [3.8, 4) is 0 Å². The lowest BCUT2D eigenvalue weighted by molar-refractivity contribution is 0.112. The number of hydrogen-bond donors (Lipinski definition) is 0. The number of aryl methyl sites for hydroxylation is 4. The Kier molecular flexibility index (Phi) is 4.71. The molecule has 0 bridgehead atoms. The molecule has 3 aromatic carbocycles. The Morgan fingerprint density at radius 1 is 0.680 bits per heavy atom. The van der Waals surface area contributed by atoms with Crippen molar-refractivity contribution in [3.63, 3.8) is 0 Å². The van der Waals surface area contributed by atoms with Crippen molar-refractivity contribution in [1.29, 1.82) is 0 Å². The van der Waals surface area contributed by atoms with Crippen LogP contribution in [0.4, 0.5) is 17.1 Å². The van der Waals surface area contributed by atoms with Gasteiger partial charge >= 0.3 is 0 Å². The molecule has 0 atom stereocenters. The number of hydrogen-bond acceptors (Lipinski definition) is 2. The number of benzene rings is 3. The number of anilines is 3. The molecule has 0 N–H and O–H groups in total. The summed E-state index contributed by atoms with van der Waals surface area (Å²) in [7, 11) is 0. The van der Waals surface area contributed by atoms with Crippen LogP contribution in [0.15, 0.2) is 60.7 Å². The fraction of sp³-hybridized carbons (Fsp3) is 0.174. The molecule has 0 radical (unpaired) electrons. The Bertz CT molecular complexity index is 858. The molecule has 0 aliphatic carbocycles. The third-order valence-electron chi connectivity index (χ3n) is 4.47. The lowest BCUT2D eigenvalue weighted by Gasteiger charge is -2.29. The van der Waals surface area contributed by atoms with Gasteiger partial charge in [-0.1, -0.05) is 35.4 Å². The highest BCUT2D eigenvalue weighted by molar-refractivity contribution is 5.82. The zero-order chi connectivity index (χ0) is 18.0. The predicted molar refractivity (Wildman–Crippen MR) is 105 cm³/mol. The van der Waals surface area contributed by atoms with E-state index in [4.69, 9.17) is 0 Å². The fourth-order valence-corrected chi connectivity index (χ4v) is 3.22. The van der Waals surface area contributed by atoms with Crippen LogP contribution in [0.5, 0.6) is 0 Å². The highest BCUT2D eigenvalue weighted by Gasteiger charge is 2.16. The van der Waals surface area contributed by atoms with Crippen LogP contribution in [0.25, 0.3) is 0 Å². The normalized spacial score (nSPS) is 10.6. The average molecular weight is 329 g/mol. The Balaban J connectivity index is 2.21. The zero-order valence-corrected chi connectivity index (χ0v) is 15.2. The first-order valence-corrected chi connectivity index (χ1v) is 8.49. The van der Waals surface area contributed by atoms with E-state index in [0.29, 0.717) is 5.56 Å². The van der Waals surface area contributed by atoms with Gasteiger partial charge in [0.15, 0.2) is 0 Å². The number of aldehydes is 1. The predicted octanol–water partition coefficient (Wildman–Crippen LogP) is 6.20. The van der Waals surface area contributed by atoms with Crippen LogP contribution in [-0.2, 0) is 0 Å². The Morgan fingerprint density at radius 2 is 1.16 bits per heavy atom. The van der Waals surface area contributed by atoms with Crippen LogP contribution in [0.3, 0.4) is 0 Å². The van der Waals surface area contributed by atoms with Crippen molar-refractivity contribution < 1.29 is 4.79 Å². The summed E-state index contributed by atoms with van der Waals surface area (Å²) in [5.74, 6) is 0. The second-order valence-electron chi connectivity index (χ2n) is 6.62. The highest BCUT2D eigenvalue weighted by atomic mass is 16.1. The van der Waals surface area contributed by atoms with Crippen molar-refractivity contribution in [3.05, 3.63) is 88.5 Å². The molecule has 0 unspecified atom stereocenters. The molecule has 25 heavy (non-hydrogen) atoms. The number of nitrogens with zero attached hydrogens (tertiary/aromatic N) is 1. The minimum absolute atomic E-state index is 0.685. The molecule has 0 fully saturated rings. The van der Waals surface area contributed by atoms with E-state index in [0.717, 1.165) is 23.3 Å². The molecule has 0 aliphatic rings. The SMILES string of the molecule is Cc1ccc(N(c2ccc(C=O)cc2)c2ccc(C)cc2C)c(C)c1. The highest BCUT2D eigenvalue weighted by Crippen LogP contribution is 2.38. The van der Waals surface area contributed by atoms with E-state index in [1.54, 1.807) is 0 Å². The van der Waals surface area contributed by atoms with Gasteiger partial charge in [-0.3, -0.25) is 4.79 Å². The quantitative estimate of drug-likeness (QED) is 0.531. The summed E-state index contributed by atoms with van der Waals surface area (Å²) in [6.45, 7) is 8.49. The average Bonchev–Trinajstić information content (AvgIpc) is 2.59. The van der Waals surface area contributed by atoms with Crippen LogP contribution in [-0.4, -0.2) is 6.29 Å². The molecule has 0 saturated carbocycles. The second-order valence-corrected chi connectivity index (χ2v) is 6.62. The summed E-state index contributed by atoms with van der Waals surface area (Å²) >= 11 is 0. The van der Waals surface area contributed by atoms with E-state index < -0.39 is 0 Å². The molecule has 0 spiro atoms. The topological polar surface area (TPSA) is 20.3 Å². The summed E-state index contributed by atoms with van der Waals surface area (Å²) in [5, 5.41) is 0. The Labute approximate surface area is 149 Å². The zero-order valence-electron chi connectivity index (χ0n) is 15.2. The maximum atomic E-state index is 11.0. The van der Waals surface area contributed by atoms with E-state index in [1.165, 1.54) is 22.3 Å². The van der Waals surface area contributed by atoms with Crippen LogP contribution in [0.1, 0.15) is 32.6 Å². The van der Waals surface area contributed by atoms with E-state index in [-0.39, 0.29) is 0 Å². The van der Waals surface area contributed by atoms with E-state index in [9.17, 15) is 4.79 Å². The molecular formula is C23H23NO. The van der Waals surface area contributed by atoms with Crippen molar-refractivity contribution in [2.24, 2.45) is 0 Å². The monoisotopic (exact) mass is 329 g/mol. The summed E-state index contributed by atoms with van der Waals surface area (Å²) in [5.41, 5.74) is 8.97. The van der Waals surface area contributed by atoms with Gasteiger partial charge in [-0.05, 0) is 75.2 Å². The number of carbonyl (C=O) groups excluding carboxylic acids is 1. The molecule has 0 amide bonds. The third-order valence-corrected chi connectivity index (χ3v) is 4.47. The molecule has 2 nitrogen and oxygen atoms in total. The molecular weight excluding hydrogens is 306 g/mol. The van der Waals surface area contributed by atoms with Gasteiger partial charge in [-0.25, -0.2) is 0 Å². The molecule has 126 valence electrons. The van der Waals surface area contributed by atoms with Crippen molar-refractivity contribution >= 4 is 23.3 Å². The standard InChI is InChI=1S/C23H23NO/c1-16-5-11-22(18(3)13-16)24(21-9-7-20(15-25)8-10-21)23-12-6-17(2)14-19(23)4/h5-15H,1-4H3. The van der Waals surface area contributed by atoms with Gasteiger partial charge in [0.05, 0.1) is 0 Å². The van der Waals surface area contributed by atoms with Gasteiger partial charge in [0.2, 0.25) is 0 Å². The molecule has 0 aromatic heterocycles. The van der Waals surface area contributed by atoms with Crippen LogP contribution in [0, 0.1) is 27.7 Å². The summed E-state index contributed by atoms with van der Waals surface area (Å²) < 4.78 is 0. The van der Waals surface area contributed by atoms with Gasteiger partial charge < -0.3 is 4.90 Å². The van der Waals surface area contributed by atoms with Gasteiger partial charge in [0, 0.05) is 22.6 Å². The summed E-state index contributed by atoms with van der Waals surface area (Å²) in [4.78, 5) is 13.3. The maximum absolute atomic E-state index is 11.0. The third kappa shape index (κ3) is 3.48. The van der Waals surface area contributed by atoms with Crippen molar-refractivity contribution in [2.45, 2.75) is 27.7 Å². The molecule has 3 rings (SSSR count). The van der Waals surface area contributed by atoms with Crippen LogP contribution >= 0.6 is 0 Å². The summed E-state index contributed by atoms with van der Waals surface area (Å²) in [6, 6.07) is 20.7. The van der Waals surface area contributed by atoms with Gasteiger partial charge in [0.25, 0.3) is 0 Å². The number of rotatable bonds is 4. The molecule has 0 saturated heterocycles. The van der Waals surface area contributed by atoms with Gasteiger partial charge in [-0.15, -0.1) is 0 Å². The molecule has 2 heteroatoms. The van der Waals surface area contributed by atoms with E-state index >= 15 is 0 Å². The largest absolute Gasteiger partial charge is 0.310 e. The van der Waals surface area contributed by atoms with Crippen LogP contribution < -0.4 is 4.90 Å². The Morgan fingerprint density at radius 3 is 1.56 bits per heavy atom. The lowest BCUT2D eigenvalue weighted by Crippen LogP contribution is -2.13. The minimum atomic E-state index is 0.685. The van der Waals surface area contributed by atoms with E-state index in [1.807, 2.05) is 24.3 Å². The smallest absolute Gasteiger partial charge is 0.150 e. The second kappa shape index (κ2) is 6.94. The maximum Gasteiger partial charge on any atom is 0.150 e. The van der Waals surface area contributed by atoms with Gasteiger partial charge in [-0.2, -0.15) is 0 Å². The summed E-state index contributed by atoms with van der Waals surface area (Å²) in [6.07, 6.45) is 0.877. The molecule has 3 aromatic rings. The van der Waals surface area contributed by atoms with Crippen LogP contribution in [0.2, 0.25) is 0 Å². The minimum Gasteiger partial charge on any atom is -0.310 e. The molecule has 0 aliphatic heterocycles. The first-order chi connectivity index (χ1) is 12.0. The number of carbonyl (C=O) groups is 1. The Hall–Kier alpha value is -2.87. The molecule has 0 heterocycles. The van der Waals surface area contributed by atoms with Gasteiger partial charge in [0.1, 0.15) is 6.29 Å². The first kappa shape index (κ1) is 17.0. The van der Waals surface area contributed by atoms with Crippen molar-refractivity contribution in [1.82, 2.24) is 0 Å².